The number of benzene rings is 2. The van der Waals surface area contributed by atoms with E-state index in [0.29, 0.717) is 23.1 Å². The smallest absolute Gasteiger partial charge is 0.319 e. The zero-order chi connectivity index (χ0) is 19.9. The molecule has 28 heavy (non-hydrogen) atoms. The summed E-state index contributed by atoms with van der Waals surface area (Å²) >= 11 is 6.16. The molecule has 3 rings (SSSR count). The van der Waals surface area contributed by atoms with Crippen LogP contribution in [0.5, 0.6) is 11.5 Å². The quantitative estimate of drug-likeness (QED) is 0.735. The predicted molar refractivity (Wildman–Crippen MR) is 113 cm³/mol. The number of methoxy groups -OCH3 is 2. The van der Waals surface area contributed by atoms with E-state index < -0.39 is 0 Å². The van der Waals surface area contributed by atoms with Crippen molar-refractivity contribution in [3.05, 3.63) is 47.0 Å². The van der Waals surface area contributed by atoms with Crippen molar-refractivity contribution >= 4 is 29.0 Å². The van der Waals surface area contributed by atoms with Crippen LogP contribution in [0.2, 0.25) is 5.02 Å². The van der Waals surface area contributed by atoms with Gasteiger partial charge in [-0.2, -0.15) is 0 Å². The second kappa shape index (κ2) is 9.55. The van der Waals surface area contributed by atoms with Crippen molar-refractivity contribution < 1.29 is 14.3 Å². The highest BCUT2D eigenvalue weighted by Gasteiger charge is 2.16. The molecule has 2 N–H and O–H groups in total. The molecule has 7 heteroatoms. The molecule has 2 aromatic carbocycles. The van der Waals surface area contributed by atoms with Gasteiger partial charge in [0.25, 0.3) is 0 Å². The first-order valence-corrected chi connectivity index (χ1v) is 9.78. The van der Waals surface area contributed by atoms with E-state index in [2.05, 4.69) is 15.5 Å². The van der Waals surface area contributed by atoms with Crippen LogP contribution in [0, 0.1) is 0 Å². The van der Waals surface area contributed by atoms with E-state index in [1.807, 2.05) is 24.3 Å². The molecule has 0 saturated carbocycles. The lowest BCUT2D eigenvalue weighted by Crippen LogP contribution is -2.32. The third-order valence-corrected chi connectivity index (χ3v) is 5.00. The Morgan fingerprint density at radius 3 is 2.36 bits per heavy atom. The van der Waals surface area contributed by atoms with Crippen molar-refractivity contribution in [3.8, 4) is 11.5 Å². The zero-order valence-electron chi connectivity index (χ0n) is 16.3. The number of hydrogen-bond donors (Lipinski definition) is 2. The second-order valence-electron chi connectivity index (χ2n) is 6.74. The van der Waals surface area contributed by atoms with Crippen LogP contribution < -0.4 is 25.0 Å². The molecule has 1 saturated heterocycles. The molecule has 0 spiro atoms. The number of piperidine rings is 1. The summed E-state index contributed by atoms with van der Waals surface area (Å²) in [5.41, 5.74) is 2.60. The van der Waals surface area contributed by atoms with E-state index in [-0.39, 0.29) is 6.03 Å². The SMILES string of the molecule is COc1cc(CNC(=O)Nc2cc(Cl)ccc2N2CCCCC2)cc(OC)c1. The largest absolute Gasteiger partial charge is 0.497 e. The molecule has 0 bridgehead atoms. The Morgan fingerprint density at radius 1 is 1.04 bits per heavy atom. The van der Waals surface area contributed by atoms with Gasteiger partial charge < -0.3 is 25.0 Å². The molecule has 0 atom stereocenters. The van der Waals surface area contributed by atoms with Crippen LogP contribution in [-0.2, 0) is 6.54 Å². The summed E-state index contributed by atoms with van der Waals surface area (Å²) in [5, 5.41) is 6.41. The molecule has 1 aliphatic rings. The Labute approximate surface area is 170 Å². The van der Waals surface area contributed by atoms with E-state index in [4.69, 9.17) is 21.1 Å². The molecule has 0 aliphatic carbocycles. The Balaban J connectivity index is 1.67. The molecule has 6 nitrogen and oxygen atoms in total. The van der Waals surface area contributed by atoms with Crippen LogP contribution >= 0.6 is 11.6 Å². The first-order valence-electron chi connectivity index (χ1n) is 9.40. The lowest BCUT2D eigenvalue weighted by atomic mass is 10.1. The highest BCUT2D eigenvalue weighted by atomic mass is 35.5. The molecular weight excluding hydrogens is 378 g/mol. The number of halogens is 1. The van der Waals surface area contributed by atoms with Crippen molar-refractivity contribution in [1.82, 2.24) is 5.32 Å². The number of rotatable bonds is 6. The van der Waals surface area contributed by atoms with Crippen molar-refractivity contribution in [3.63, 3.8) is 0 Å². The van der Waals surface area contributed by atoms with Crippen molar-refractivity contribution in [2.24, 2.45) is 0 Å². The minimum Gasteiger partial charge on any atom is -0.497 e. The van der Waals surface area contributed by atoms with Gasteiger partial charge in [0.15, 0.2) is 0 Å². The van der Waals surface area contributed by atoms with E-state index >= 15 is 0 Å². The minimum absolute atomic E-state index is 0.290. The summed E-state index contributed by atoms with van der Waals surface area (Å²) < 4.78 is 10.5. The van der Waals surface area contributed by atoms with Crippen LogP contribution in [-0.4, -0.2) is 33.3 Å². The van der Waals surface area contributed by atoms with Gasteiger partial charge in [-0.15, -0.1) is 0 Å². The van der Waals surface area contributed by atoms with Gasteiger partial charge in [-0.3, -0.25) is 0 Å². The summed E-state index contributed by atoms with van der Waals surface area (Å²) in [7, 11) is 3.19. The van der Waals surface area contributed by atoms with E-state index in [1.165, 1.54) is 6.42 Å². The van der Waals surface area contributed by atoms with Crippen LogP contribution in [0.15, 0.2) is 36.4 Å². The molecule has 150 valence electrons. The van der Waals surface area contributed by atoms with E-state index in [1.54, 1.807) is 26.4 Å². The predicted octanol–water partition coefficient (Wildman–Crippen LogP) is 4.67. The fourth-order valence-corrected chi connectivity index (χ4v) is 3.51. The summed E-state index contributed by atoms with van der Waals surface area (Å²) in [5.74, 6) is 1.36. The lowest BCUT2D eigenvalue weighted by Gasteiger charge is -2.30. The molecule has 0 radical (unpaired) electrons. The monoisotopic (exact) mass is 403 g/mol. The van der Waals surface area contributed by atoms with Crippen molar-refractivity contribution in [1.29, 1.82) is 0 Å². The zero-order valence-corrected chi connectivity index (χ0v) is 17.0. The molecule has 0 unspecified atom stereocenters. The summed E-state index contributed by atoms with van der Waals surface area (Å²) in [6.07, 6.45) is 3.56. The number of amides is 2. The number of urea groups is 1. The second-order valence-corrected chi connectivity index (χ2v) is 7.17. The summed E-state index contributed by atoms with van der Waals surface area (Å²) in [6.45, 7) is 2.32. The first-order chi connectivity index (χ1) is 13.6. The van der Waals surface area contributed by atoms with Gasteiger partial charge in [-0.05, 0) is 55.2 Å². The van der Waals surface area contributed by atoms with Crippen LogP contribution in [0.3, 0.4) is 0 Å². The normalized spacial score (nSPS) is 13.8. The number of ether oxygens (including phenoxy) is 2. The molecule has 0 aromatic heterocycles. The van der Waals surface area contributed by atoms with Gasteiger partial charge in [-0.25, -0.2) is 4.79 Å². The number of nitrogens with one attached hydrogen (secondary N) is 2. The number of hydrogen-bond acceptors (Lipinski definition) is 4. The van der Waals surface area contributed by atoms with Crippen molar-refractivity contribution in [2.75, 3.05) is 37.5 Å². The Morgan fingerprint density at radius 2 is 1.71 bits per heavy atom. The van der Waals surface area contributed by atoms with Gasteiger partial charge in [0.1, 0.15) is 11.5 Å². The van der Waals surface area contributed by atoms with E-state index in [9.17, 15) is 4.79 Å². The highest BCUT2D eigenvalue weighted by molar-refractivity contribution is 6.31. The Kier molecular flexibility index (Phi) is 6.87. The molecule has 2 amide bonds. The molecule has 1 heterocycles. The Hall–Kier alpha value is -2.60. The topological polar surface area (TPSA) is 62.8 Å². The average Bonchev–Trinajstić information content (AvgIpc) is 2.72. The molecule has 2 aromatic rings. The number of carbonyl (C=O) groups is 1. The third-order valence-electron chi connectivity index (χ3n) is 4.77. The Bertz CT molecular complexity index is 800. The van der Waals surface area contributed by atoms with Gasteiger partial charge in [0.05, 0.1) is 25.6 Å². The molecule has 1 fully saturated rings. The maximum Gasteiger partial charge on any atom is 0.319 e. The highest BCUT2D eigenvalue weighted by Crippen LogP contribution is 2.31. The maximum absolute atomic E-state index is 12.5. The number of nitrogens with zero attached hydrogens (tertiary/aromatic N) is 1. The summed E-state index contributed by atoms with van der Waals surface area (Å²) in [4.78, 5) is 14.8. The lowest BCUT2D eigenvalue weighted by molar-refractivity contribution is 0.251. The molecular formula is C21H26ClN3O3. The van der Waals surface area contributed by atoms with Crippen molar-refractivity contribution in [2.45, 2.75) is 25.8 Å². The number of anilines is 2. The fraction of sp³-hybridized carbons (Fsp3) is 0.381. The fourth-order valence-electron chi connectivity index (χ4n) is 3.34. The summed E-state index contributed by atoms with van der Waals surface area (Å²) in [6, 6.07) is 10.8. The van der Waals surface area contributed by atoms with Crippen LogP contribution in [0.4, 0.5) is 16.2 Å². The third kappa shape index (κ3) is 5.23. The average molecular weight is 404 g/mol. The van der Waals surface area contributed by atoms with Gasteiger partial charge in [0.2, 0.25) is 0 Å². The van der Waals surface area contributed by atoms with Gasteiger partial charge >= 0.3 is 6.03 Å². The first kappa shape index (κ1) is 20.1. The van der Waals surface area contributed by atoms with Crippen LogP contribution in [0.1, 0.15) is 24.8 Å². The molecule has 1 aliphatic heterocycles. The van der Waals surface area contributed by atoms with Gasteiger partial charge in [0, 0.05) is 30.7 Å². The van der Waals surface area contributed by atoms with Crippen LogP contribution in [0.25, 0.3) is 0 Å². The maximum atomic E-state index is 12.5. The standard InChI is InChI=1S/C21H26ClN3O3/c1-27-17-10-15(11-18(13-17)28-2)14-23-21(26)24-19-12-16(22)6-7-20(19)25-8-4-3-5-9-25/h6-7,10-13H,3-5,8-9,14H2,1-2H3,(H2,23,24,26). The minimum atomic E-state index is -0.290. The van der Waals surface area contributed by atoms with Gasteiger partial charge in [-0.1, -0.05) is 11.6 Å². The van der Waals surface area contributed by atoms with E-state index in [0.717, 1.165) is 42.9 Å². The number of carbonyl (C=O) groups excluding carboxylic acids is 1.